The number of carbonyl (C=O) groups is 3. The minimum Gasteiger partial charge on any atom is -0.450 e. The average Bonchev–Trinajstić information content (AvgIpc) is 2.99. The summed E-state index contributed by atoms with van der Waals surface area (Å²) in [4.78, 5) is 36.2. The molecule has 4 rings (SSSR count). The standard InChI is InChI=1S/C25H31ClF2O5/c1-5-20(32)33-25(19(31)12-27)13(2)10-16-14-6-7-15-21(28)17(29)8-9-22(15,3)24(14,26)18(30)11-23(16,25)4/h8-9,13-14,16,18,30H,5-7,10-12H2,1-4H3/t13?,14-,16-,18?,22-,23-,24-,25-/m0/s1. The number of alkyl halides is 2. The number of Topliss-reactive ketones (excluding diaryl/α,β-unsaturated/α-hetero) is 1. The molecule has 1 N–H and O–H groups in total. The van der Waals surface area contributed by atoms with Crippen molar-refractivity contribution in [1.82, 2.24) is 0 Å². The molecule has 33 heavy (non-hydrogen) atoms. The summed E-state index contributed by atoms with van der Waals surface area (Å²) < 4.78 is 34.6. The first kappa shape index (κ1) is 24.5. The van der Waals surface area contributed by atoms with Gasteiger partial charge in [-0.2, -0.15) is 0 Å². The maximum Gasteiger partial charge on any atom is 0.306 e. The van der Waals surface area contributed by atoms with Gasteiger partial charge in [0.05, 0.1) is 11.0 Å². The Hall–Kier alpha value is -1.60. The van der Waals surface area contributed by atoms with Gasteiger partial charge < -0.3 is 9.84 Å². The topological polar surface area (TPSA) is 80.7 Å². The number of hydrogen-bond donors (Lipinski definition) is 1. The number of rotatable bonds is 4. The Balaban J connectivity index is 1.87. The van der Waals surface area contributed by atoms with Gasteiger partial charge in [-0.15, -0.1) is 11.6 Å². The summed E-state index contributed by atoms with van der Waals surface area (Å²) in [6.45, 7) is 5.63. The van der Waals surface area contributed by atoms with Crippen LogP contribution in [-0.2, 0) is 19.1 Å². The van der Waals surface area contributed by atoms with Crippen LogP contribution in [-0.4, -0.2) is 45.9 Å². The van der Waals surface area contributed by atoms with Crippen molar-refractivity contribution in [2.75, 3.05) is 6.67 Å². The van der Waals surface area contributed by atoms with Crippen molar-refractivity contribution in [2.24, 2.45) is 28.6 Å². The zero-order valence-electron chi connectivity index (χ0n) is 19.4. The van der Waals surface area contributed by atoms with Gasteiger partial charge >= 0.3 is 5.97 Å². The van der Waals surface area contributed by atoms with Crippen molar-refractivity contribution >= 4 is 29.1 Å². The van der Waals surface area contributed by atoms with Crippen LogP contribution in [0.3, 0.4) is 0 Å². The second-order valence-corrected chi connectivity index (χ2v) is 11.2. The fraction of sp³-hybridized carbons (Fsp3) is 0.720. The molecule has 8 heteroatoms. The molecule has 0 aromatic heterocycles. The molecule has 0 aromatic carbocycles. The van der Waals surface area contributed by atoms with Gasteiger partial charge in [-0.1, -0.05) is 33.8 Å². The summed E-state index contributed by atoms with van der Waals surface area (Å²) in [5, 5.41) is 11.6. The average molecular weight is 485 g/mol. The number of fused-ring (bicyclic) bond motifs is 5. The number of ketones is 2. The fourth-order valence-corrected chi connectivity index (χ4v) is 8.34. The van der Waals surface area contributed by atoms with Gasteiger partial charge in [0.1, 0.15) is 0 Å². The molecule has 0 heterocycles. The van der Waals surface area contributed by atoms with E-state index in [1.54, 1.807) is 33.8 Å². The van der Waals surface area contributed by atoms with Crippen LogP contribution < -0.4 is 0 Å². The zero-order valence-corrected chi connectivity index (χ0v) is 20.2. The highest BCUT2D eigenvalue weighted by molar-refractivity contribution is 6.26. The maximum atomic E-state index is 14.9. The molecular formula is C25H31ClF2O5. The van der Waals surface area contributed by atoms with Gasteiger partial charge in [-0.05, 0) is 49.2 Å². The first-order chi connectivity index (χ1) is 15.3. The number of allylic oxidation sites excluding steroid dienone is 4. The van der Waals surface area contributed by atoms with Gasteiger partial charge in [-0.3, -0.25) is 14.4 Å². The summed E-state index contributed by atoms with van der Waals surface area (Å²) in [5.74, 6) is -4.05. The Kier molecular flexibility index (Phi) is 5.73. The third kappa shape index (κ3) is 2.81. The Morgan fingerprint density at radius 2 is 1.97 bits per heavy atom. The second kappa shape index (κ2) is 7.70. The van der Waals surface area contributed by atoms with Gasteiger partial charge in [0.2, 0.25) is 11.6 Å². The maximum absolute atomic E-state index is 14.9. The summed E-state index contributed by atoms with van der Waals surface area (Å²) in [6.07, 6.45) is 2.69. The lowest BCUT2D eigenvalue weighted by Crippen LogP contribution is -2.69. The number of aliphatic hydroxyl groups is 1. The molecule has 0 amide bonds. The van der Waals surface area contributed by atoms with E-state index in [9.17, 15) is 28.3 Å². The normalized spacial score (nSPS) is 46.5. The zero-order chi connectivity index (χ0) is 24.6. The highest BCUT2D eigenvalue weighted by atomic mass is 35.5. The smallest absolute Gasteiger partial charge is 0.306 e. The molecule has 8 atom stereocenters. The fourth-order valence-electron chi connectivity index (χ4n) is 7.83. The third-order valence-electron chi connectivity index (χ3n) is 9.37. The van der Waals surface area contributed by atoms with Crippen LogP contribution in [0, 0.1) is 28.6 Å². The number of carbonyl (C=O) groups excluding carboxylic acids is 3. The molecule has 4 aliphatic carbocycles. The molecule has 182 valence electrons. The first-order valence-corrected chi connectivity index (χ1v) is 12.0. The van der Waals surface area contributed by atoms with E-state index in [0.29, 0.717) is 18.4 Å². The molecular weight excluding hydrogens is 454 g/mol. The number of ether oxygens (including phenoxy) is 1. The second-order valence-electron chi connectivity index (χ2n) is 10.6. The van der Waals surface area contributed by atoms with E-state index in [4.69, 9.17) is 16.3 Å². The largest absolute Gasteiger partial charge is 0.450 e. The molecule has 0 aromatic rings. The van der Waals surface area contributed by atoms with Crippen LogP contribution in [0.25, 0.3) is 0 Å². The molecule has 0 radical (unpaired) electrons. The van der Waals surface area contributed by atoms with E-state index >= 15 is 0 Å². The van der Waals surface area contributed by atoms with Gasteiger partial charge in [0.25, 0.3) is 0 Å². The van der Waals surface area contributed by atoms with Crippen molar-refractivity contribution < 1.29 is 33.0 Å². The Morgan fingerprint density at radius 1 is 1.30 bits per heavy atom. The third-order valence-corrected chi connectivity index (χ3v) is 10.3. The van der Waals surface area contributed by atoms with Crippen molar-refractivity contribution in [1.29, 1.82) is 0 Å². The summed E-state index contributed by atoms with van der Waals surface area (Å²) in [7, 11) is 0. The van der Waals surface area contributed by atoms with E-state index in [1.165, 1.54) is 6.08 Å². The van der Waals surface area contributed by atoms with Crippen molar-refractivity contribution in [3.05, 3.63) is 23.6 Å². The molecule has 3 fully saturated rings. The van der Waals surface area contributed by atoms with Crippen molar-refractivity contribution in [3.8, 4) is 0 Å². The lowest BCUT2D eigenvalue weighted by molar-refractivity contribution is -0.201. The van der Waals surface area contributed by atoms with Crippen LogP contribution in [0.5, 0.6) is 0 Å². The van der Waals surface area contributed by atoms with Crippen LogP contribution in [0.15, 0.2) is 23.6 Å². The molecule has 0 bridgehead atoms. The minimum atomic E-state index is -1.71. The Bertz CT molecular complexity index is 978. The SMILES string of the molecule is CCC(=O)O[C@]1(C(=O)CF)C(C)C[C@H]2[C@@H]3CCC4=C(F)C(=O)C=C[C@]4(C)[C@@]3(Cl)C(O)C[C@@]21C. The van der Waals surface area contributed by atoms with Gasteiger partial charge in [-0.25, -0.2) is 8.78 Å². The molecule has 0 spiro atoms. The van der Waals surface area contributed by atoms with Crippen LogP contribution in [0.4, 0.5) is 8.78 Å². The minimum absolute atomic E-state index is 0.0168. The lowest BCUT2D eigenvalue weighted by atomic mass is 9.45. The summed E-state index contributed by atoms with van der Waals surface area (Å²) >= 11 is 7.29. The van der Waals surface area contributed by atoms with Crippen LogP contribution in [0.1, 0.15) is 59.8 Å². The monoisotopic (exact) mass is 484 g/mol. The highest BCUT2D eigenvalue weighted by Crippen LogP contribution is 2.72. The predicted molar refractivity (Wildman–Crippen MR) is 118 cm³/mol. The first-order valence-electron chi connectivity index (χ1n) is 11.7. The lowest BCUT2D eigenvalue weighted by Gasteiger charge is -2.64. The molecule has 0 saturated heterocycles. The number of aliphatic hydroxyl groups excluding tert-OH is 1. The van der Waals surface area contributed by atoms with Gasteiger partial charge in [0.15, 0.2) is 18.1 Å². The van der Waals surface area contributed by atoms with Gasteiger partial charge in [0, 0.05) is 23.2 Å². The predicted octanol–water partition coefficient (Wildman–Crippen LogP) is 4.40. The summed E-state index contributed by atoms with van der Waals surface area (Å²) in [5.41, 5.74) is -3.57. The molecule has 2 unspecified atom stereocenters. The highest BCUT2D eigenvalue weighted by Gasteiger charge is 2.76. The van der Waals surface area contributed by atoms with Crippen LogP contribution >= 0.6 is 11.6 Å². The quantitative estimate of drug-likeness (QED) is 0.472. The Labute approximate surface area is 197 Å². The molecule has 4 aliphatic rings. The number of hydrogen-bond acceptors (Lipinski definition) is 5. The molecule has 0 aliphatic heterocycles. The van der Waals surface area contributed by atoms with Crippen molar-refractivity contribution in [2.45, 2.75) is 76.4 Å². The van der Waals surface area contributed by atoms with Crippen molar-refractivity contribution in [3.63, 3.8) is 0 Å². The van der Waals surface area contributed by atoms with Crippen LogP contribution in [0.2, 0.25) is 0 Å². The van der Waals surface area contributed by atoms with E-state index in [-0.39, 0.29) is 31.1 Å². The summed E-state index contributed by atoms with van der Waals surface area (Å²) in [6, 6.07) is 0. The van der Waals surface area contributed by atoms with E-state index in [1.807, 2.05) is 0 Å². The van der Waals surface area contributed by atoms with E-state index < -0.39 is 63.4 Å². The van der Waals surface area contributed by atoms with E-state index in [2.05, 4.69) is 0 Å². The number of halogens is 3. The number of esters is 1. The van der Waals surface area contributed by atoms with E-state index in [0.717, 1.165) is 0 Å². The Morgan fingerprint density at radius 3 is 2.58 bits per heavy atom. The molecule has 3 saturated carbocycles. The molecule has 5 nitrogen and oxygen atoms in total.